The number of aliphatic hydroxyl groups is 1. The number of hydrogen-bond acceptors (Lipinski definition) is 4. The number of aliphatic carboxylic acids is 1. The fraction of sp³-hybridized carbons (Fsp3) is 0.333. The Labute approximate surface area is 104 Å². The maximum atomic E-state index is 11.3. The van der Waals surface area contributed by atoms with Gasteiger partial charge in [0, 0.05) is 6.08 Å². The van der Waals surface area contributed by atoms with Gasteiger partial charge in [-0.15, -0.1) is 0 Å². The first-order valence-electron chi connectivity index (χ1n) is 5.29. The Kier molecular flexibility index (Phi) is 4.28. The molecule has 1 aromatic heterocycles. The fourth-order valence-electron chi connectivity index (χ4n) is 1.09. The van der Waals surface area contributed by atoms with Crippen molar-refractivity contribution < 1.29 is 24.2 Å². The summed E-state index contributed by atoms with van der Waals surface area (Å²) in [5, 5.41) is 20.3. The van der Waals surface area contributed by atoms with Gasteiger partial charge in [-0.3, -0.25) is 4.79 Å². The third-order valence-electron chi connectivity index (χ3n) is 2.23. The number of carboxylic acids is 1. The summed E-state index contributed by atoms with van der Waals surface area (Å²) in [6.45, 7) is 2.51. The van der Waals surface area contributed by atoms with E-state index in [1.54, 1.807) is 19.1 Å². The Morgan fingerprint density at radius 3 is 2.67 bits per heavy atom. The number of furan rings is 1. The molecule has 18 heavy (non-hydrogen) atoms. The van der Waals surface area contributed by atoms with E-state index in [1.165, 1.54) is 12.2 Å². The maximum Gasteiger partial charge on any atom is 0.337 e. The van der Waals surface area contributed by atoms with Gasteiger partial charge in [-0.1, -0.05) is 0 Å². The van der Waals surface area contributed by atoms with Crippen molar-refractivity contribution in [2.24, 2.45) is 0 Å². The van der Waals surface area contributed by atoms with Gasteiger partial charge in [0.25, 0.3) is 0 Å². The Hall–Kier alpha value is -2.08. The molecule has 6 nitrogen and oxygen atoms in total. The normalized spacial score (nSPS) is 14.4. The summed E-state index contributed by atoms with van der Waals surface area (Å²) in [4.78, 5) is 21.9. The summed E-state index contributed by atoms with van der Waals surface area (Å²) < 4.78 is 5.21. The van der Waals surface area contributed by atoms with Crippen molar-refractivity contribution in [1.29, 1.82) is 0 Å². The van der Waals surface area contributed by atoms with Crippen LogP contribution in [0.3, 0.4) is 0 Å². The van der Waals surface area contributed by atoms with Gasteiger partial charge in [0.15, 0.2) is 5.60 Å². The van der Waals surface area contributed by atoms with Crippen molar-refractivity contribution in [2.75, 3.05) is 6.54 Å². The molecule has 1 atom stereocenters. The number of nitrogens with one attached hydrogen (secondary N) is 1. The summed E-state index contributed by atoms with van der Waals surface area (Å²) in [5.41, 5.74) is -1.98. The monoisotopic (exact) mass is 253 g/mol. The zero-order chi connectivity index (χ0) is 13.8. The van der Waals surface area contributed by atoms with E-state index in [-0.39, 0.29) is 6.54 Å². The summed E-state index contributed by atoms with van der Waals surface area (Å²) in [7, 11) is 0. The van der Waals surface area contributed by atoms with Gasteiger partial charge < -0.3 is 19.9 Å². The molecule has 0 aliphatic heterocycles. The zero-order valence-electron chi connectivity index (χ0n) is 10.1. The molecule has 1 heterocycles. The second-order valence-corrected chi connectivity index (χ2v) is 4.08. The number of aryl methyl sites for hydroxylation is 1. The first-order chi connectivity index (χ1) is 8.31. The van der Waals surface area contributed by atoms with Crippen molar-refractivity contribution in [3.05, 3.63) is 29.7 Å². The van der Waals surface area contributed by atoms with E-state index >= 15 is 0 Å². The van der Waals surface area contributed by atoms with Crippen LogP contribution in [0.4, 0.5) is 0 Å². The molecular formula is C12H15NO5. The van der Waals surface area contributed by atoms with Crippen molar-refractivity contribution in [3.63, 3.8) is 0 Å². The molecule has 1 aromatic rings. The molecular weight excluding hydrogens is 238 g/mol. The molecule has 1 amide bonds. The van der Waals surface area contributed by atoms with E-state index in [1.807, 2.05) is 0 Å². The molecule has 0 radical (unpaired) electrons. The van der Waals surface area contributed by atoms with E-state index in [9.17, 15) is 14.7 Å². The lowest BCUT2D eigenvalue weighted by Crippen LogP contribution is -2.46. The van der Waals surface area contributed by atoms with E-state index in [4.69, 9.17) is 9.52 Å². The van der Waals surface area contributed by atoms with Gasteiger partial charge in [-0.25, -0.2) is 4.79 Å². The van der Waals surface area contributed by atoms with Crippen LogP contribution < -0.4 is 5.32 Å². The van der Waals surface area contributed by atoms with Crippen LogP contribution in [0.15, 0.2) is 22.6 Å². The minimum atomic E-state index is -1.98. The van der Waals surface area contributed by atoms with Gasteiger partial charge in [-0.05, 0) is 32.1 Å². The minimum absolute atomic E-state index is 0.372. The molecule has 1 rings (SSSR count). The Morgan fingerprint density at radius 1 is 1.50 bits per heavy atom. The summed E-state index contributed by atoms with van der Waals surface area (Å²) in [6.07, 6.45) is 2.66. The molecule has 0 aliphatic carbocycles. The van der Waals surface area contributed by atoms with E-state index < -0.39 is 17.5 Å². The lowest BCUT2D eigenvalue weighted by molar-refractivity contribution is -0.156. The van der Waals surface area contributed by atoms with Crippen LogP contribution in [0.5, 0.6) is 0 Å². The molecule has 1 unspecified atom stereocenters. The third kappa shape index (κ3) is 4.06. The highest BCUT2D eigenvalue weighted by molar-refractivity contribution is 5.91. The SMILES string of the molecule is Cc1ccc(C=CC(=O)NCC(C)(O)C(=O)O)o1. The molecule has 98 valence electrons. The van der Waals surface area contributed by atoms with Crippen LogP contribution in [-0.2, 0) is 9.59 Å². The van der Waals surface area contributed by atoms with E-state index in [0.29, 0.717) is 5.76 Å². The first kappa shape index (κ1) is 14.0. The largest absolute Gasteiger partial charge is 0.479 e. The first-order valence-corrected chi connectivity index (χ1v) is 5.29. The second kappa shape index (κ2) is 5.50. The molecule has 0 fully saturated rings. The van der Waals surface area contributed by atoms with Gasteiger partial charge in [0.1, 0.15) is 11.5 Å². The van der Waals surface area contributed by atoms with Crippen LogP contribution in [0.25, 0.3) is 6.08 Å². The van der Waals surface area contributed by atoms with E-state index in [2.05, 4.69) is 5.32 Å². The van der Waals surface area contributed by atoms with Crippen LogP contribution in [0, 0.1) is 6.92 Å². The minimum Gasteiger partial charge on any atom is -0.479 e. The van der Waals surface area contributed by atoms with Crippen LogP contribution >= 0.6 is 0 Å². The van der Waals surface area contributed by atoms with E-state index in [0.717, 1.165) is 12.7 Å². The Morgan fingerprint density at radius 2 is 2.17 bits per heavy atom. The predicted octanol–water partition coefficient (Wildman–Crippen LogP) is 0.553. The lowest BCUT2D eigenvalue weighted by Gasteiger charge is -2.17. The standard InChI is InChI=1S/C12H15NO5/c1-8-3-4-9(18-8)5-6-10(14)13-7-12(2,17)11(15)16/h3-6,17H,7H2,1-2H3,(H,13,14)(H,15,16). The van der Waals surface area contributed by atoms with Gasteiger partial charge in [-0.2, -0.15) is 0 Å². The van der Waals surface area contributed by atoms with Gasteiger partial charge in [0.2, 0.25) is 5.91 Å². The molecule has 0 bridgehead atoms. The quantitative estimate of drug-likeness (QED) is 0.665. The average Bonchev–Trinajstić information content (AvgIpc) is 2.69. The number of hydrogen-bond donors (Lipinski definition) is 3. The zero-order valence-corrected chi connectivity index (χ0v) is 10.1. The molecule has 0 spiro atoms. The van der Waals surface area contributed by atoms with Gasteiger partial charge >= 0.3 is 5.97 Å². The fourth-order valence-corrected chi connectivity index (χ4v) is 1.09. The van der Waals surface area contributed by atoms with Crippen LogP contribution in [0.1, 0.15) is 18.4 Å². The smallest absolute Gasteiger partial charge is 0.337 e. The van der Waals surface area contributed by atoms with Crippen molar-refractivity contribution in [1.82, 2.24) is 5.32 Å². The lowest BCUT2D eigenvalue weighted by atomic mass is 10.1. The Balaban J connectivity index is 2.48. The number of amides is 1. The summed E-state index contributed by atoms with van der Waals surface area (Å²) in [6, 6.07) is 3.46. The van der Waals surface area contributed by atoms with Crippen molar-refractivity contribution in [2.45, 2.75) is 19.4 Å². The van der Waals surface area contributed by atoms with Crippen molar-refractivity contribution in [3.8, 4) is 0 Å². The highest BCUT2D eigenvalue weighted by Gasteiger charge is 2.29. The topological polar surface area (TPSA) is 99.8 Å². The van der Waals surface area contributed by atoms with Crippen LogP contribution in [0.2, 0.25) is 0 Å². The highest BCUT2D eigenvalue weighted by Crippen LogP contribution is 2.07. The third-order valence-corrected chi connectivity index (χ3v) is 2.23. The summed E-state index contributed by atoms with van der Waals surface area (Å²) >= 11 is 0. The molecule has 6 heteroatoms. The second-order valence-electron chi connectivity index (χ2n) is 4.08. The average molecular weight is 253 g/mol. The maximum absolute atomic E-state index is 11.3. The number of carbonyl (C=O) groups excluding carboxylic acids is 1. The summed E-state index contributed by atoms with van der Waals surface area (Å²) in [5.74, 6) is -0.657. The molecule has 3 N–H and O–H groups in total. The number of carbonyl (C=O) groups is 2. The number of carboxylic acid groups (broad SMARTS) is 1. The van der Waals surface area contributed by atoms with Crippen LogP contribution in [-0.4, -0.2) is 34.2 Å². The van der Waals surface area contributed by atoms with Crippen molar-refractivity contribution >= 4 is 18.0 Å². The molecule has 0 saturated carbocycles. The highest BCUT2D eigenvalue weighted by atomic mass is 16.4. The Bertz CT molecular complexity index is 473. The molecule has 0 aliphatic rings. The predicted molar refractivity (Wildman–Crippen MR) is 63.7 cm³/mol. The molecule has 0 aromatic carbocycles. The van der Waals surface area contributed by atoms with Gasteiger partial charge in [0.05, 0.1) is 6.54 Å². The molecule has 0 saturated heterocycles. The number of rotatable bonds is 5.